The predicted octanol–water partition coefficient (Wildman–Crippen LogP) is 0.239. The number of nitrogens with zero attached hydrogens (tertiary/aromatic N) is 1. The van der Waals surface area contributed by atoms with Crippen molar-refractivity contribution < 1.29 is 8.42 Å². The third kappa shape index (κ3) is 3.73. The maximum Gasteiger partial charge on any atom is 0.212 e. The van der Waals surface area contributed by atoms with Gasteiger partial charge in [-0.15, -0.1) is 11.6 Å². The Morgan fingerprint density at radius 3 is 2.79 bits per heavy atom. The van der Waals surface area contributed by atoms with E-state index in [0.717, 1.165) is 19.4 Å². The van der Waals surface area contributed by atoms with E-state index in [4.69, 9.17) is 11.6 Å². The van der Waals surface area contributed by atoms with Crippen molar-refractivity contribution in [1.82, 2.24) is 9.62 Å². The molecule has 0 amide bonds. The summed E-state index contributed by atoms with van der Waals surface area (Å²) in [6.07, 6.45) is 2.22. The molecule has 1 saturated heterocycles. The largest absolute Gasteiger partial charge is 0.302 e. The van der Waals surface area contributed by atoms with Crippen LogP contribution in [0.5, 0.6) is 0 Å². The summed E-state index contributed by atoms with van der Waals surface area (Å²) >= 11 is 5.38. The maximum absolute atomic E-state index is 11.3. The number of rotatable bonds is 5. The number of alkyl halides is 1. The third-order valence-electron chi connectivity index (χ3n) is 2.56. The van der Waals surface area contributed by atoms with Crippen molar-refractivity contribution >= 4 is 21.6 Å². The molecule has 1 N–H and O–H groups in total. The summed E-state index contributed by atoms with van der Waals surface area (Å²) in [5.74, 6) is 0.154. The average molecular weight is 241 g/mol. The van der Waals surface area contributed by atoms with Gasteiger partial charge in [-0.2, -0.15) is 0 Å². The zero-order valence-electron chi connectivity index (χ0n) is 8.37. The summed E-state index contributed by atoms with van der Waals surface area (Å²) in [5, 5.41) is 0. The first-order valence-corrected chi connectivity index (χ1v) is 6.97. The van der Waals surface area contributed by atoms with Crippen LogP contribution in [0.3, 0.4) is 0 Å². The lowest BCUT2D eigenvalue weighted by Gasteiger charge is -2.19. The van der Waals surface area contributed by atoms with Gasteiger partial charge in [-0.3, -0.25) is 0 Å². The molecule has 6 heteroatoms. The van der Waals surface area contributed by atoms with Gasteiger partial charge in [-0.05, 0) is 26.4 Å². The van der Waals surface area contributed by atoms with Gasteiger partial charge in [0.1, 0.15) is 0 Å². The van der Waals surface area contributed by atoms with Crippen LogP contribution in [0.15, 0.2) is 0 Å². The van der Waals surface area contributed by atoms with Gasteiger partial charge in [0.2, 0.25) is 10.0 Å². The van der Waals surface area contributed by atoms with Gasteiger partial charge in [0.15, 0.2) is 0 Å². The molecule has 0 saturated carbocycles. The van der Waals surface area contributed by atoms with Crippen LogP contribution in [-0.2, 0) is 10.0 Å². The van der Waals surface area contributed by atoms with E-state index < -0.39 is 10.0 Å². The van der Waals surface area contributed by atoms with Gasteiger partial charge in [0.25, 0.3) is 0 Å². The molecule has 4 nitrogen and oxygen atoms in total. The molecule has 84 valence electrons. The molecule has 0 aromatic heterocycles. The van der Waals surface area contributed by atoms with E-state index in [1.807, 2.05) is 7.05 Å². The van der Waals surface area contributed by atoms with E-state index in [9.17, 15) is 8.42 Å². The molecule has 1 atom stereocenters. The lowest BCUT2D eigenvalue weighted by atomic mass is 10.2. The normalized spacial score (nSPS) is 24.3. The van der Waals surface area contributed by atoms with E-state index in [1.165, 1.54) is 0 Å². The van der Waals surface area contributed by atoms with Crippen LogP contribution in [0.4, 0.5) is 0 Å². The van der Waals surface area contributed by atoms with Gasteiger partial charge in [0, 0.05) is 18.5 Å². The molecule has 14 heavy (non-hydrogen) atoms. The van der Waals surface area contributed by atoms with Crippen LogP contribution < -0.4 is 4.72 Å². The highest BCUT2D eigenvalue weighted by Gasteiger charge is 2.22. The highest BCUT2D eigenvalue weighted by Crippen LogP contribution is 2.13. The van der Waals surface area contributed by atoms with Crippen molar-refractivity contribution in [3.63, 3.8) is 0 Å². The first kappa shape index (κ1) is 12.2. The van der Waals surface area contributed by atoms with Gasteiger partial charge in [-0.1, -0.05) is 0 Å². The second kappa shape index (κ2) is 5.30. The zero-order chi connectivity index (χ0) is 10.6. The lowest BCUT2D eigenvalue weighted by molar-refractivity contribution is 0.311. The van der Waals surface area contributed by atoms with Gasteiger partial charge in [0.05, 0.1) is 5.75 Å². The number of likely N-dealkylation sites (tertiary alicyclic amines) is 1. The summed E-state index contributed by atoms with van der Waals surface area (Å²) < 4.78 is 25.1. The van der Waals surface area contributed by atoms with Gasteiger partial charge in [-0.25, -0.2) is 13.1 Å². The Balaban J connectivity index is 2.32. The highest BCUT2D eigenvalue weighted by atomic mass is 35.5. The maximum atomic E-state index is 11.3. The topological polar surface area (TPSA) is 49.4 Å². The highest BCUT2D eigenvalue weighted by molar-refractivity contribution is 7.89. The number of hydrogen-bond acceptors (Lipinski definition) is 3. The lowest BCUT2D eigenvalue weighted by Crippen LogP contribution is -2.39. The molecule has 1 rings (SSSR count). The molecule has 0 spiro atoms. The smallest absolute Gasteiger partial charge is 0.212 e. The van der Waals surface area contributed by atoms with Crippen molar-refractivity contribution in [3.05, 3.63) is 0 Å². The van der Waals surface area contributed by atoms with Crippen molar-refractivity contribution in [2.45, 2.75) is 18.9 Å². The standard InChI is InChI=1S/C8H17ClN2O2S/c1-11-5-2-3-8(11)7-10-14(12,13)6-4-9/h8,10H,2-7H2,1H3. The van der Waals surface area contributed by atoms with Crippen LogP contribution >= 0.6 is 11.6 Å². The minimum absolute atomic E-state index is 0.00495. The van der Waals surface area contributed by atoms with Gasteiger partial charge < -0.3 is 4.90 Å². The van der Waals surface area contributed by atoms with Crippen LogP contribution in [0.25, 0.3) is 0 Å². The molecular weight excluding hydrogens is 224 g/mol. The van der Waals surface area contributed by atoms with Crippen LogP contribution in [0.2, 0.25) is 0 Å². The van der Waals surface area contributed by atoms with Crippen LogP contribution in [0.1, 0.15) is 12.8 Å². The molecule has 0 bridgehead atoms. The second-order valence-electron chi connectivity index (χ2n) is 3.63. The van der Waals surface area contributed by atoms with E-state index in [2.05, 4.69) is 9.62 Å². The summed E-state index contributed by atoms with van der Waals surface area (Å²) in [4.78, 5) is 2.18. The van der Waals surface area contributed by atoms with Crippen molar-refractivity contribution in [2.24, 2.45) is 0 Å². The van der Waals surface area contributed by atoms with E-state index in [-0.39, 0.29) is 11.6 Å². The first-order chi connectivity index (χ1) is 6.55. The van der Waals surface area contributed by atoms with E-state index in [0.29, 0.717) is 12.6 Å². The zero-order valence-corrected chi connectivity index (χ0v) is 9.94. The fourth-order valence-electron chi connectivity index (χ4n) is 1.63. The average Bonchev–Trinajstić information content (AvgIpc) is 2.48. The molecule has 1 unspecified atom stereocenters. The molecule has 0 radical (unpaired) electrons. The Kier molecular flexibility index (Phi) is 4.63. The Morgan fingerprint density at radius 2 is 2.29 bits per heavy atom. The Bertz CT molecular complexity index is 269. The minimum Gasteiger partial charge on any atom is -0.302 e. The molecule has 0 aliphatic carbocycles. The number of likely N-dealkylation sites (N-methyl/N-ethyl adjacent to an activating group) is 1. The molecular formula is C8H17ClN2O2S. The molecule has 1 aliphatic heterocycles. The molecule has 1 fully saturated rings. The molecule has 0 aromatic carbocycles. The van der Waals surface area contributed by atoms with Gasteiger partial charge >= 0.3 is 0 Å². The first-order valence-electron chi connectivity index (χ1n) is 4.79. The summed E-state index contributed by atoms with van der Waals surface area (Å²) in [6, 6.07) is 0.347. The van der Waals surface area contributed by atoms with Crippen molar-refractivity contribution in [2.75, 3.05) is 31.8 Å². The second-order valence-corrected chi connectivity index (χ2v) is 5.94. The molecule has 0 aromatic rings. The summed E-state index contributed by atoms with van der Waals surface area (Å²) in [5.41, 5.74) is 0. The van der Waals surface area contributed by atoms with E-state index in [1.54, 1.807) is 0 Å². The predicted molar refractivity (Wildman–Crippen MR) is 58.2 cm³/mol. The number of nitrogens with one attached hydrogen (secondary N) is 1. The summed E-state index contributed by atoms with van der Waals surface area (Å²) in [6.45, 7) is 1.57. The molecule has 1 aliphatic rings. The molecule has 1 heterocycles. The summed E-state index contributed by atoms with van der Waals surface area (Å²) in [7, 11) is -1.13. The van der Waals surface area contributed by atoms with Crippen molar-refractivity contribution in [1.29, 1.82) is 0 Å². The quantitative estimate of drug-likeness (QED) is 0.701. The minimum atomic E-state index is -3.15. The number of hydrogen-bond donors (Lipinski definition) is 1. The SMILES string of the molecule is CN1CCCC1CNS(=O)(=O)CCCl. The fourth-order valence-corrected chi connectivity index (χ4v) is 3.04. The Hall–Kier alpha value is 0.160. The number of halogens is 1. The number of sulfonamides is 1. The Morgan fingerprint density at radius 1 is 1.57 bits per heavy atom. The Labute approximate surface area is 90.7 Å². The van der Waals surface area contributed by atoms with E-state index >= 15 is 0 Å². The van der Waals surface area contributed by atoms with Crippen molar-refractivity contribution in [3.8, 4) is 0 Å². The fraction of sp³-hybridized carbons (Fsp3) is 1.00. The van der Waals surface area contributed by atoms with Crippen LogP contribution in [0, 0.1) is 0 Å². The van der Waals surface area contributed by atoms with Crippen LogP contribution in [-0.4, -0.2) is 51.1 Å². The third-order valence-corrected chi connectivity index (χ3v) is 4.32. The monoisotopic (exact) mass is 240 g/mol.